The van der Waals surface area contributed by atoms with Crippen molar-refractivity contribution in [3.8, 4) is 0 Å². The molecule has 7 nitrogen and oxygen atoms in total. The molecule has 0 saturated carbocycles. The van der Waals surface area contributed by atoms with Crippen molar-refractivity contribution in [2.24, 2.45) is 0 Å². The lowest BCUT2D eigenvalue weighted by atomic mass is 10.1. The molecule has 0 radical (unpaired) electrons. The quantitative estimate of drug-likeness (QED) is 0.385. The van der Waals surface area contributed by atoms with Crippen molar-refractivity contribution in [3.05, 3.63) is 75.2 Å². The fourth-order valence-corrected chi connectivity index (χ4v) is 4.96. The molecule has 0 bridgehead atoms. The first kappa shape index (κ1) is 22.3. The van der Waals surface area contributed by atoms with Crippen LogP contribution < -0.4 is 11.1 Å². The summed E-state index contributed by atoms with van der Waals surface area (Å²) in [7, 11) is 3.89. The van der Waals surface area contributed by atoms with Crippen LogP contribution in [0.1, 0.15) is 21.6 Å². The van der Waals surface area contributed by atoms with Crippen molar-refractivity contribution in [1.82, 2.24) is 14.5 Å². The van der Waals surface area contributed by atoms with Gasteiger partial charge < -0.3 is 14.6 Å². The molecule has 2 heterocycles. The van der Waals surface area contributed by atoms with E-state index in [0.717, 1.165) is 21.3 Å². The molecule has 0 spiro atoms. The molecule has 0 aliphatic carbocycles. The molecule has 2 aromatic carbocycles. The van der Waals surface area contributed by atoms with Gasteiger partial charge in [-0.15, -0.1) is 11.3 Å². The van der Waals surface area contributed by atoms with E-state index in [1.54, 1.807) is 45.9 Å². The number of thiazole rings is 1. The van der Waals surface area contributed by atoms with Crippen LogP contribution in [0.25, 0.3) is 11.1 Å². The maximum Gasteiger partial charge on any atom is 0.419 e. The van der Waals surface area contributed by atoms with Gasteiger partial charge in [-0.05, 0) is 56.9 Å². The topological polar surface area (TPSA) is 80.4 Å². The number of fused-ring (bicyclic) bond motifs is 1. The highest BCUT2D eigenvalue weighted by Gasteiger charge is 2.12. The monoisotopic (exact) mass is 468 g/mol. The number of amides is 1. The van der Waals surface area contributed by atoms with Crippen LogP contribution in [0.2, 0.25) is 0 Å². The molecule has 2 aromatic heterocycles. The average Bonchev–Trinajstić information content (AvgIpc) is 3.32. The number of hydrogen-bond acceptors (Lipinski definition) is 7. The van der Waals surface area contributed by atoms with Crippen molar-refractivity contribution < 1.29 is 9.21 Å². The van der Waals surface area contributed by atoms with Crippen molar-refractivity contribution >= 4 is 45.8 Å². The second-order valence-corrected chi connectivity index (χ2v) is 9.78. The minimum Gasteiger partial charge on any atom is -0.408 e. The van der Waals surface area contributed by atoms with E-state index in [1.807, 2.05) is 55.6 Å². The smallest absolute Gasteiger partial charge is 0.408 e. The van der Waals surface area contributed by atoms with Gasteiger partial charge in [0.25, 0.3) is 5.91 Å². The largest absolute Gasteiger partial charge is 0.419 e. The third-order valence-corrected chi connectivity index (χ3v) is 7.08. The van der Waals surface area contributed by atoms with Crippen LogP contribution in [0.3, 0.4) is 0 Å². The molecule has 0 atom stereocenters. The summed E-state index contributed by atoms with van der Waals surface area (Å²) in [5, 5.41) is 4.95. The molecular weight excluding hydrogens is 444 g/mol. The number of aryl methyl sites for hydroxylation is 1. The first-order valence-corrected chi connectivity index (χ1v) is 12.0. The SMILES string of the molecule is Cc1csc(SCc2ccc(C(=O)Nc3ccc4oc(=O)n(CCN(C)C)c4c3)cc2)n1. The van der Waals surface area contributed by atoms with Crippen LogP contribution in [-0.4, -0.2) is 41.0 Å². The molecule has 32 heavy (non-hydrogen) atoms. The number of thioether (sulfide) groups is 1. The average molecular weight is 469 g/mol. The number of nitrogens with zero attached hydrogens (tertiary/aromatic N) is 3. The highest BCUT2D eigenvalue weighted by atomic mass is 32.2. The van der Waals surface area contributed by atoms with E-state index in [0.29, 0.717) is 35.4 Å². The predicted octanol–water partition coefficient (Wildman–Crippen LogP) is 4.47. The first-order valence-electron chi connectivity index (χ1n) is 10.1. The first-order chi connectivity index (χ1) is 15.4. The van der Waals surface area contributed by atoms with E-state index < -0.39 is 5.76 Å². The second kappa shape index (κ2) is 9.72. The number of rotatable bonds is 8. The van der Waals surface area contributed by atoms with Gasteiger partial charge in [0.05, 0.1) is 5.52 Å². The molecule has 166 valence electrons. The zero-order valence-corrected chi connectivity index (χ0v) is 19.8. The summed E-state index contributed by atoms with van der Waals surface area (Å²) >= 11 is 3.33. The lowest BCUT2D eigenvalue weighted by Gasteiger charge is -2.10. The summed E-state index contributed by atoms with van der Waals surface area (Å²) in [6.07, 6.45) is 0. The molecule has 0 saturated heterocycles. The van der Waals surface area contributed by atoms with Gasteiger partial charge >= 0.3 is 5.76 Å². The van der Waals surface area contributed by atoms with E-state index in [-0.39, 0.29) is 5.91 Å². The Bertz CT molecular complexity index is 1290. The standard InChI is InChI=1S/C23H24N4O3S2/c1-15-13-31-22(24-15)32-14-16-4-6-17(7-5-16)21(28)25-18-8-9-20-19(12-18)27(23(29)30-20)11-10-26(2)3/h4-9,12-13H,10-11,14H2,1-3H3,(H,25,28). The van der Waals surface area contributed by atoms with Crippen LogP contribution in [-0.2, 0) is 12.3 Å². The molecule has 4 rings (SSSR count). The second-order valence-electron chi connectivity index (χ2n) is 7.70. The molecule has 0 fully saturated rings. The Kier molecular flexibility index (Phi) is 6.78. The Morgan fingerprint density at radius 1 is 1.22 bits per heavy atom. The lowest BCUT2D eigenvalue weighted by Crippen LogP contribution is -2.23. The predicted molar refractivity (Wildman–Crippen MR) is 130 cm³/mol. The lowest BCUT2D eigenvalue weighted by molar-refractivity contribution is 0.102. The zero-order valence-electron chi connectivity index (χ0n) is 18.1. The highest BCUT2D eigenvalue weighted by molar-refractivity contribution is 8.00. The summed E-state index contributed by atoms with van der Waals surface area (Å²) in [6, 6.07) is 12.8. The Morgan fingerprint density at radius 2 is 2.00 bits per heavy atom. The summed E-state index contributed by atoms with van der Waals surface area (Å²) < 4.78 is 7.95. The molecule has 0 unspecified atom stereocenters. The van der Waals surface area contributed by atoms with Crippen molar-refractivity contribution in [1.29, 1.82) is 0 Å². The molecule has 1 N–H and O–H groups in total. The third kappa shape index (κ3) is 5.29. The van der Waals surface area contributed by atoms with E-state index in [2.05, 4.69) is 10.3 Å². The van der Waals surface area contributed by atoms with Gasteiger partial charge in [0.15, 0.2) is 5.58 Å². The summed E-state index contributed by atoms with van der Waals surface area (Å²) in [5.41, 5.74) is 4.52. The van der Waals surface area contributed by atoms with Crippen LogP contribution in [0.15, 0.2) is 61.4 Å². The van der Waals surface area contributed by atoms with Crippen molar-refractivity contribution in [3.63, 3.8) is 0 Å². The van der Waals surface area contributed by atoms with Gasteiger partial charge in [0.2, 0.25) is 0 Å². The van der Waals surface area contributed by atoms with Gasteiger partial charge in [-0.1, -0.05) is 23.9 Å². The van der Waals surface area contributed by atoms with Crippen molar-refractivity contribution in [2.45, 2.75) is 23.6 Å². The number of carbonyl (C=O) groups is 1. The van der Waals surface area contributed by atoms with Crippen molar-refractivity contribution in [2.75, 3.05) is 26.0 Å². The van der Waals surface area contributed by atoms with Crippen LogP contribution in [0, 0.1) is 6.92 Å². The van der Waals surface area contributed by atoms with E-state index in [1.165, 1.54) is 0 Å². The maximum atomic E-state index is 12.7. The van der Waals surface area contributed by atoms with E-state index in [4.69, 9.17) is 4.42 Å². The zero-order chi connectivity index (χ0) is 22.7. The molecule has 9 heteroatoms. The number of carbonyl (C=O) groups excluding carboxylic acids is 1. The number of likely N-dealkylation sites (N-methyl/N-ethyl adjacent to an activating group) is 1. The van der Waals surface area contributed by atoms with Gasteiger partial charge in [0.1, 0.15) is 4.34 Å². The fourth-order valence-electron chi connectivity index (χ4n) is 3.15. The van der Waals surface area contributed by atoms with Crippen LogP contribution in [0.5, 0.6) is 0 Å². The third-order valence-electron chi connectivity index (χ3n) is 4.87. The van der Waals surface area contributed by atoms with Crippen LogP contribution in [0.4, 0.5) is 5.69 Å². The van der Waals surface area contributed by atoms with Crippen LogP contribution >= 0.6 is 23.1 Å². The number of oxazole rings is 1. The molecule has 1 amide bonds. The summed E-state index contributed by atoms with van der Waals surface area (Å²) in [6.45, 7) is 3.20. The highest BCUT2D eigenvalue weighted by Crippen LogP contribution is 2.26. The van der Waals surface area contributed by atoms with Gasteiger partial charge in [-0.2, -0.15) is 0 Å². The van der Waals surface area contributed by atoms with E-state index >= 15 is 0 Å². The van der Waals surface area contributed by atoms with Gasteiger partial charge in [0, 0.05) is 41.2 Å². The normalized spacial score (nSPS) is 11.4. The Hall–Kier alpha value is -2.88. The number of benzene rings is 2. The minimum absolute atomic E-state index is 0.204. The Labute approximate surface area is 194 Å². The summed E-state index contributed by atoms with van der Waals surface area (Å²) in [4.78, 5) is 31.3. The van der Waals surface area contributed by atoms with Gasteiger partial charge in [-0.25, -0.2) is 9.78 Å². The number of nitrogens with one attached hydrogen (secondary N) is 1. The maximum absolute atomic E-state index is 12.7. The Morgan fingerprint density at radius 3 is 2.69 bits per heavy atom. The fraction of sp³-hybridized carbons (Fsp3) is 0.261. The van der Waals surface area contributed by atoms with E-state index in [9.17, 15) is 9.59 Å². The molecule has 4 aromatic rings. The number of hydrogen-bond donors (Lipinski definition) is 1. The van der Waals surface area contributed by atoms with Gasteiger partial charge in [-0.3, -0.25) is 9.36 Å². The number of anilines is 1. The summed E-state index contributed by atoms with van der Waals surface area (Å²) in [5.74, 6) is 0.202. The Balaban J connectivity index is 1.43. The minimum atomic E-state index is -0.397. The number of aromatic nitrogens is 2. The molecule has 0 aliphatic rings. The molecular formula is C23H24N4O3S2. The molecule has 0 aliphatic heterocycles.